The molecular formula is C20H20FN5O5S2. The largest absolute Gasteiger partial charge is 0.390 e. The summed E-state index contributed by atoms with van der Waals surface area (Å²) in [6.45, 7) is -0.339. The third-order valence-corrected chi connectivity index (χ3v) is 7.18. The normalized spacial score (nSPS) is 23.5. The fourth-order valence-corrected chi connectivity index (χ4v) is 5.44. The van der Waals surface area contributed by atoms with E-state index in [1.165, 1.54) is 23.5 Å². The van der Waals surface area contributed by atoms with Crippen LogP contribution in [0.4, 0.5) is 10.2 Å². The quantitative estimate of drug-likeness (QED) is 0.315. The van der Waals surface area contributed by atoms with E-state index in [0.717, 1.165) is 15.6 Å². The van der Waals surface area contributed by atoms with Gasteiger partial charge in [0.2, 0.25) is 0 Å². The molecule has 0 amide bonds. The minimum Gasteiger partial charge on any atom is -0.390 e. The van der Waals surface area contributed by atoms with E-state index in [0.29, 0.717) is 17.2 Å². The first-order valence-corrected chi connectivity index (χ1v) is 12.4. The maximum absolute atomic E-state index is 13.8. The van der Waals surface area contributed by atoms with Gasteiger partial charge in [0.15, 0.2) is 5.65 Å². The van der Waals surface area contributed by atoms with Crippen LogP contribution < -0.4 is 10.5 Å². The highest BCUT2D eigenvalue weighted by Crippen LogP contribution is 2.35. The number of hydrogen-bond acceptors (Lipinski definition) is 9. The van der Waals surface area contributed by atoms with Crippen LogP contribution in [0.25, 0.3) is 27.0 Å². The molecule has 3 heterocycles. The van der Waals surface area contributed by atoms with Crippen LogP contribution in [0.1, 0.15) is 6.42 Å². The summed E-state index contributed by atoms with van der Waals surface area (Å²) in [7, 11) is -4.15. The molecule has 0 aliphatic heterocycles. The molecule has 1 aliphatic carbocycles. The second kappa shape index (κ2) is 8.27. The molecule has 1 saturated carbocycles. The van der Waals surface area contributed by atoms with Crippen LogP contribution in [-0.4, -0.2) is 58.1 Å². The third-order valence-electron chi connectivity index (χ3n) is 5.75. The van der Waals surface area contributed by atoms with Gasteiger partial charge in [0.05, 0.1) is 24.4 Å². The highest BCUT2D eigenvalue weighted by atomic mass is 32.2. The number of rotatable bonds is 6. The first-order chi connectivity index (χ1) is 15.7. The number of benzene rings is 1. The smallest absolute Gasteiger partial charge is 0.333 e. The van der Waals surface area contributed by atoms with Crippen molar-refractivity contribution in [2.45, 2.75) is 24.7 Å². The molecule has 5 rings (SSSR count). The number of nitrogens with two attached hydrogens (primary N) is 1. The summed E-state index contributed by atoms with van der Waals surface area (Å²) in [6, 6.07) is 7.46. The Hall–Kier alpha value is -2.68. The molecule has 0 spiro atoms. The molecule has 5 N–H and O–H groups in total. The Morgan fingerprint density at radius 3 is 2.88 bits per heavy atom. The summed E-state index contributed by atoms with van der Waals surface area (Å²) < 4.78 is 43.0. The highest BCUT2D eigenvalue weighted by Gasteiger charge is 2.42. The van der Waals surface area contributed by atoms with Crippen molar-refractivity contribution < 1.29 is 27.2 Å². The third kappa shape index (κ3) is 4.30. The molecule has 0 bridgehead atoms. The summed E-state index contributed by atoms with van der Waals surface area (Å²) in [5, 5.41) is 36.0. The molecule has 1 aromatic carbocycles. The summed E-state index contributed by atoms with van der Waals surface area (Å²) in [5.41, 5.74) is 1.93. The second-order valence-corrected chi connectivity index (χ2v) is 10.1. The lowest BCUT2D eigenvalue weighted by atomic mass is 10.1. The second-order valence-electron chi connectivity index (χ2n) is 7.92. The van der Waals surface area contributed by atoms with E-state index in [2.05, 4.69) is 19.6 Å². The minimum absolute atomic E-state index is 0.240. The van der Waals surface area contributed by atoms with Crippen molar-refractivity contribution in [2.24, 2.45) is 11.1 Å². The van der Waals surface area contributed by atoms with Crippen molar-refractivity contribution in [3.8, 4) is 11.3 Å². The number of fused-ring (bicyclic) bond motifs is 2. The number of thiophene rings is 1. The van der Waals surface area contributed by atoms with Crippen LogP contribution >= 0.6 is 11.3 Å². The number of halogens is 1. The van der Waals surface area contributed by atoms with E-state index >= 15 is 0 Å². The SMILES string of the molecule is NS(=O)(=O)OCC1C[C@@H](Nc2ccnc3cc(-c4csc5ccc(F)cc45)nn23)[C@H](O)[C@@H]1O. The fourth-order valence-electron chi connectivity index (χ4n) is 4.14. The number of anilines is 1. The summed E-state index contributed by atoms with van der Waals surface area (Å²) >= 11 is 1.49. The van der Waals surface area contributed by atoms with Gasteiger partial charge in [-0.25, -0.2) is 14.5 Å². The molecule has 0 radical (unpaired) electrons. The standard InChI is InChI=1S/C20H20FN5O5S2/c21-11-1-2-16-12(6-11)13(9-32-16)14-7-18-23-4-3-17(26(18)25-14)24-15-5-10(19(27)20(15)28)8-31-33(22,29)30/h1-4,6-7,9-10,15,19-20,24,27-28H,5,8H2,(H2,22,29,30)/t10?,15-,19-,20+/m1/s1. The zero-order chi connectivity index (χ0) is 23.3. The molecule has 10 nitrogen and oxygen atoms in total. The zero-order valence-corrected chi connectivity index (χ0v) is 18.6. The predicted octanol–water partition coefficient (Wildman–Crippen LogP) is 1.49. The van der Waals surface area contributed by atoms with Gasteiger partial charge < -0.3 is 15.5 Å². The van der Waals surface area contributed by atoms with Crippen molar-refractivity contribution in [3.63, 3.8) is 0 Å². The lowest BCUT2D eigenvalue weighted by molar-refractivity contribution is 0.00777. The van der Waals surface area contributed by atoms with Crippen molar-refractivity contribution in [2.75, 3.05) is 11.9 Å². The number of aromatic nitrogens is 3. The van der Waals surface area contributed by atoms with Gasteiger partial charge in [-0.05, 0) is 30.7 Å². The van der Waals surface area contributed by atoms with Crippen LogP contribution in [0.3, 0.4) is 0 Å². The Morgan fingerprint density at radius 1 is 1.27 bits per heavy atom. The van der Waals surface area contributed by atoms with E-state index in [9.17, 15) is 23.0 Å². The predicted molar refractivity (Wildman–Crippen MR) is 120 cm³/mol. The van der Waals surface area contributed by atoms with Crippen molar-refractivity contribution in [1.82, 2.24) is 14.6 Å². The average molecular weight is 494 g/mol. The van der Waals surface area contributed by atoms with E-state index < -0.39 is 34.5 Å². The number of hydrogen-bond donors (Lipinski definition) is 4. The Bertz CT molecular complexity index is 1440. The van der Waals surface area contributed by atoms with E-state index in [1.54, 1.807) is 28.9 Å². The topological polar surface area (TPSA) is 152 Å². The first-order valence-electron chi connectivity index (χ1n) is 10.0. The van der Waals surface area contributed by atoms with Crippen molar-refractivity contribution in [3.05, 3.63) is 47.7 Å². The van der Waals surface area contributed by atoms with Crippen LogP contribution in [0.5, 0.6) is 0 Å². The van der Waals surface area contributed by atoms with Gasteiger partial charge in [0.25, 0.3) is 0 Å². The van der Waals surface area contributed by atoms with Gasteiger partial charge >= 0.3 is 10.3 Å². The molecule has 4 aromatic rings. The monoisotopic (exact) mass is 493 g/mol. The molecule has 33 heavy (non-hydrogen) atoms. The zero-order valence-electron chi connectivity index (χ0n) is 17.0. The van der Waals surface area contributed by atoms with Crippen molar-refractivity contribution >= 4 is 43.2 Å². The van der Waals surface area contributed by atoms with Gasteiger partial charge in [0, 0.05) is 39.2 Å². The molecule has 0 saturated heterocycles. The molecule has 1 unspecified atom stereocenters. The van der Waals surface area contributed by atoms with Gasteiger partial charge in [-0.15, -0.1) is 11.3 Å². The van der Waals surface area contributed by atoms with Crippen molar-refractivity contribution in [1.29, 1.82) is 0 Å². The van der Waals surface area contributed by atoms with Gasteiger partial charge in [-0.1, -0.05) is 0 Å². The fraction of sp³-hybridized carbons (Fsp3) is 0.300. The van der Waals surface area contributed by atoms with Crippen LogP contribution in [0, 0.1) is 11.7 Å². The summed E-state index contributed by atoms with van der Waals surface area (Å²) in [5.74, 6) is -0.448. The molecule has 13 heteroatoms. The Kier molecular flexibility index (Phi) is 5.55. The maximum Gasteiger partial charge on any atom is 0.333 e. The molecule has 1 fully saturated rings. The molecule has 1 aliphatic rings. The lowest BCUT2D eigenvalue weighted by Crippen LogP contribution is -2.36. The van der Waals surface area contributed by atoms with Gasteiger partial charge in [-0.3, -0.25) is 4.18 Å². The molecule has 3 aromatic heterocycles. The first kappa shape index (κ1) is 22.1. The molecule has 174 valence electrons. The number of nitrogens with zero attached hydrogens (tertiary/aromatic N) is 3. The van der Waals surface area contributed by atoms with E-state index in [1.807, 2.05) is 5.38 Å². The maximum atomic E-state index is 13.8. The highest BCUT2D eigenvalue weighted by molar-refractivity contribution is 7.84. The molecule has 4 atom stereocenters. The number of aliphatic hydroxyl groups is 2. The van der Waals surface area contributed by atoms with Crippen LogP contribution in [-0.2, 0) is 14.5 Å². The Labute approximate surface area is 191 Å². The number of aliphatic hydroxyl groups excluding tert-OH is 2. The summed E-state index contributed by atoms with van der Waals surface area (Å²) in [4.78, 5) is 4.33. The van der Waals surface area contributed by atoms with Gasteiger partial charge in [0.1, 0.15) is 17.7 Å². The van der Waals surface area contributed by atoms with Crippen LogP contribution in [0.15, 0.2) is 41.9 Å². The van der Waals surface area contributed by atoms with Gasteiger partial charge in [-0.2, -0.15) is 18.0 Å². The lowest BCUT2D eigenvalue weighted by Gasteiger charge is -2.19. The Morgan fingerprint density at radius 2 is 2.09 bits per heavy atom. The average Bonchev–Trinajstić information content (AvgIpc) is 3.44. The van der Waals surface area contributed by atoms with Crippen LogP contribution in [0.2, 0.25) is 0 Å². The molecular weight excluding hydrogens is 473 g/mol. The Balaban J connectivity index is 1.43. The van der Waals surface area contributed by atoms with E-state index in [-0.39, 0.29) is 18.8 Å². The number of nitrogens with one attached hydrogen (secondary N) is 1. The minimum atomic E-state index is -4.15. The summed E-state index contributed by atoms with van der Waals surface area (Å²) in [6.07, 6.45) is -0.541. The van der Waals surface area contributed by atoms with E-state index in [4.69, 9.17) is 5.14 Å².